The summed E-state index contributed by atoms with van der Waals surface area (Å²) in [5.41, 5.74) is 1.24. The number of nitrogens with zero attached hydrogens (tertiary/aromatic N) is 4. The smallest absolute Gasteiger partial charge is 0.250 e. The van der Waals surface area contributed by atoms with Crippen molar-refractivity contribution >= 4 is 35.2 Å². The highest BCUT2D eigenvalue weighted by Gasteiger charge is 2.54. The summed E-state index contributed by atoms with van der Waals surface area (Å²) < 4.78 is 0. The summed E-state index contributed by atoms with van der Waals surface area (Å²) in [6, 6.07) is 29.7. The van der Waals surface area contributed by atoms with Crippen LogP contribution < -0.4 is 4.90 Å². The molecule has 2 saturated heterocycles. The molecule has 2 heterocycles. The molecule has 3 aromatic rings. The van der Waals surface area contributed by atoms with Crippen LogP contribution in [-0.2, 0) is 20.9 Å². The van der Waals surface area contributed by atoms with Crippen molar-refractivity contribution in [3.8, 4) is 0 Å². The Hall–Kier alpha value is -3.78. The van der Waals surface area contributed by atoms with Crippen molar-refractivity contribution in [2.24, 2.45) is 0 Å². The fourth-order valence-corrected chi connectivity index (χ4v) is 6.25. The minimum Gasteiger partial charge on any atom is -0.342 e. The zero-order valence-corrected chi connectivity index (χ0v) is 23.1. The van der Waals surface area contributed by atoms with Crippen LogP contribution in [0.3, 0.4) is 0 Å². The summed E-state index contributed by atoms with van der Waals surface area (Å²) in [4.78, 5) is 48.5. The van der Waals surface area contributed by atoms with Crippen LogP contribution >= 0.6 is 11.8 Å². The number of piperidine rings is 1. The van der Waals surface area contributed by atoms with E-state index in [0.717, 1.165) is 16.1 Å². The van der Waals surface area contributed by atoms with E-state index in [1.807, 2.05) is 95.9 Å². The average molecular weight is 543 g/mol. The molecular formula is C31H34N4O3S. The van der Waals surface area contributed by atoms with Crippen LogP contribution in [0.25, 0.3) is 0 Å². The molecule has 0 radical (unpaired) electrons. The number of hydrogen-bond donors (Lipinski definition) is 0. The lowest BCUT2D eigenvalue weighted by Gasteiger charge is -2.43. The van der Waals surface area contributed by atoms with Gasteiger partial charge < -0.3 is 19.6 Å². The molecule has 3 amide bonds. The number of anilines is 1. The SMILES string of the molecule is CN(Cc1ccccc1)C(=O)CN1CN(c2ccccc2)C2(CCN(C(=O)CSc3ccccc3)CC2)C1=O. The number of carbonyl (C=O) groups is 3. The van der Waals surface area contributed by atoms with Gasteiger partial charge >= 0.3 is 0 Å². The van der Waals surface area contributed by atoms with Gasteiger partial charge in [-0.2, -0.15) is 0 Å². The van der Waals surface area contributed by atoms with Crippen LogP contribution in [0.15, 0.2) is 95.9 Å². The number of likely N-dealkylation sites (N-methyl/N-ethyl adjacent to an activating group) is 1. The molecule has 0 N–H and O–H groups in total. The number of thioether (sulfide) groups is 1. The Labute approximate surface area is 234 Å². The Kier molecular flexibility index (Phi) is 8.21. The highest BCUT2D eigenvalue weighted by molar-refractivity contribution is 8.00. The average Bonchev–Trinajstić information content (AvgIpc) is 3.24. The van der Waals surface area contributed by atoms with Gasteiger partial charge in [-0.15, -0.1) is 11.8 Å². The lowest BCUT2D eigenvalue weighted by Crippen LogP contribution is -2.57. The minimum absolute atomic E-state index is 0.0291. The van der Waals surface area contributed by atoms with Crippen LogP contribution in [0.2, 0.25) is 0 Å². The van der Waals surface area contributed by atoms with E-state index in [-0.39, 0.29) is 24.3 Å². The van der Waals surface area contributed by atoms with Crippen LogP contribution in [0, 0.1) is 0 Å². The lowest BCUT2D eigenvalue weighted by molar-refractivity contribution is -0.141. The van der Waals surface area contributed by atoms with Gasteiger partial charge in [0.05, 0.1) is 12.4 Å². The summed E-state index contributed by atoms with van der Waals surface area (Å²) in [5, 5.41) is 0. The van der Waals surface area contributed by atoms with Crippen molar-refractivity contribution in [2.45, 2.75) is 29.8 Å². The van der Waals surface area contributed by atoms with Gasteiger partial charge in [0.15, 0.2) is 0 Å². The molecule has 0 bridgehead atoms. The third-order valence-corrected chi connectivity index (χ3v) is 8.64. The number of amides is 3. The second kappa shape index (κ2) is 11.9. The van der Waals surface area contributed by atoms with Crippen molar-refractivity contribution in [2.75, 3.05) is 44.0 Å². The largest absolute Gasteiger partial charge is 0.342 e. The van der Waals surface area contributed by atoms with Crippen molar-refractivity contribution in [3.63, 3.8) is 0 Å². The van der Waals surface area contributed by atoms with E-state index < -0.39 is 5.54 Å². The molecule has 2 aliphatic heterocycles. The molecule has 2 aliphatic rings. The third kappa shape index (κ3) is 5.96. The molecule has 0 aliphatic carbocycles. The van der Waals surface area contributed by atoms with Gasteiger partial charge in [0, 0.05) is 37.3 Å². The molecule has 0 unspecified atom stereocenters. The first-order chi connectivity index (χ1) is 19.0. The molecule has 0 atom stereocenters. The molecule has 202 valence electrons. The summed E-state index contributed by atoms with van der Waals surface area (Å²) >= 11 is 1.54. The molecule has 0 aromatic heterocycles. The van der Waals surface area contributed by atoms with Gasteiger partial charge in [-0.3, -0.25) is 14.4 Å². The van der Waals surface area contributed by atoms with E-state index in [1.54, 1.807) is 16.8 Å². The molecule has 5 rings (SSSR count). The molecule has 7 nitrogen and oxygen atoms in total. The summed E-state index contributed by atoms with van der Waals surface area (Å²) in [7, 11) is 1.78. The van der Waals surface area contributed by atoms with E-state index in [2.05, 4.69) is 4.90 Å². The Bertz CT molecular complexity index is 1280. The van der Waals surface area contributed by atoms with Crippen LogP contribution in [0.5, 0.6) is 0 Å². The second-order valence-corrected chi connectivity index (χ2v) is 11.2. The Morgan fingerprint density at radius 3 is 2.10 bits per heavy atom. The fraction of sp³-hybridized carbons (Fsp3) is 0.323. The van der Waals surface area contributed by atoms with E-state index in [1.165, 1.54) is 11.8 Å². The van der Waals surface area contributed by atoms with E-state index in [4.69, 9.17) is 0 Å². The van der Waals surface area contributed by atoms with Crippen LogP contribution in [0.4, 0.5) is 5.69 Å². The predicted octanol–water partition coefficient (Wildman–Crippen LogP) is 4.10. The first kappa shape index (κ1) is 26.8. The summed E-state index contributed by atoms with van der Waals surface area (Å²) in [5.74, 6) is 0.341. The normalized spacial score (nSPS) is 16.5. The molecule has 1 spiro atoms. The number of carbonyl (C=O) groups excluding carboxylic acids is 3. The summed E-state index contributed by atoms with van der Waals surface area (Å²) in [6.45, 7) is 1.90. The first-order valence-corrected chi connectivity index (χ1v) is 14.3. The summed E-state index contributed by atoms with van der Waals surface area (Å²) in [6.07, 6.45) is 1.07. The van der Waals surface area contributed by atoms with Crippen LogP contribution in [-0.4, -0.2) is 77.1 Å². The van der Waals surface area contributed by atoms with Gasteiger partial charge in [0.2, 0.25) is 11.8 Å². The Balaban J connectivity index is 1.26. The zero-order valence-electron chi connectivity index (χ0n) is 22.2. The van der Waals surface area contributed by atoms with Gasteiger partial charge in [-0.1, -0.05) is 66.7 Å². The number of benzene rings is 3. The molecule has 39 heavy (non-hydrogen) atoms. The van der Waals surface area contributed by atoms with Gasteiger partial charge in [0.25, 0.3) is 5.91 Å². The minimum atomic E-state index is -0.761. The molecule has 2 fully saturated rings. The Morgan fingerprint density at radius 2 is 1.46 bits per heavy atom. The van der Waals surface area contributed by atoms with Crippen molar-refractivity contribution in [3.05, 3.63) is 96.6 Å². The molecule has 8 heteroatoms. The lowest BCUT2D eigenvalue weighted by atomic mass is 9.85. The Morgan fingerprint density at radius 1 is 0.872 bits per heavy atom. The van der Waals surface area contributed by atoms with Gasteiger partial charge in [-0.05, 0) is 42.7 Å². The predicted molar refractivity (Wildman–Crippen MR) is 154 cm³/mol. The number of likely N-dealkylation sites (tertiary alicyclic amines) is 1. The molecule has 3 aromatic carbocycles. The molecular weight excluding hydrogens is 508 g/mol. The standard InChI is InChI=1S/C31H34N4O3S/c1-32(21-25-11-5-2-6-12-25)28(36)22-34-24-35(26-13-7-3-8-14-26)31(30(34)38)17-19-33(20-18-31)29(37)23-39-27-15-9-4-10-16-27/h2-16H,17-24H2,1H3. The third-order valence-electron chi connectivity index (χ3n) is 7.65. The van der Waals surface area contributed by atoms with E-state index >= 15 is 0 Å². The second-order valence-electron chi connectivity index (χ2n) is 10.2. The quantitative estimate of drug-likeness (QED) is 0.401. The van der Waals surface area contributed by atoms with Gasteiger partial charge in [0.1, 0.15) is 12.1 Å². The number of hydrogen-bond acceptors (Lipinski definition) is 5. The highest BCUT2D eigenvalue weighted by atomic mass is 32.2. The van der Waals surface area contributed by atoms with Crippen molar-refractivity contribution in [1.29, 1.82) is 0 Å². The monoisotopic (exact) mass is 542 g/mol. The van der Waals surface area contributed by atoms with Gasteiger partial charge in [-0.25, -0.2) is 0 Å². The van der Waals surface area contributed by atoms with E-state index in [0.29, 0.717) is 44.9 Å². The zero-order chi connectivity index (χ0) is 27.2. The van der Waals surface area contributed by atoms with Crippen molar-refractivity contribution in [1.82, 2.24) is 14.7 Å². The molecule has 0 saturated carbocycles. The van der Waals surface area contributed by atoms with Crippen molar-refractivity contribution < 1.29 is 14.4 Å². The first-order valence-electron chi connectivity index (χ1n) is 13.3. The van der Waals surface area contributed by atoms with E-state index in [9.17, 15) is 14.4 Å². The highest BCUT2D eigenvalue weighted by Crippen LogP contribution is 2.39. The maximum atomic E-state index is 14.0. The maximum absolute atomic E-state index is 14.0. The number of para-hydroxylation sites is 1. The fourth-order valence-electron chi connectivity index (χ4n) is 5.43. The number of rotatable bonds is 8. The van der Waals surface area contributed by atoms with Crippen LogP contribution in [0.1, 0.15) is 18.4 Å². The maximum Gasteiger partial charge on any atom is 0.250 e. The topological polar surface area (TPSA) is 64.2 Å².